The maximum Gasteiger partial charge on any atom is 0.226 e. The summed E-state index contributed by atoms with van der Waals surface area (Å²) < 4.78 is 8.72. The summed E-state index contributed by atoms with van der Waals surface area (Å²) in [6.45, 7) is 33.4. The molecule has 10 heterocycles. The molecule has 0 spiro atoms. The fraction of sp³-hybridized carbons (Fsp3) is 0.273. The van der Waals surface area contributed by atoms with E-state index in [9.17, 15) is 24.0 Å². The molecule has 8 aromatic carbocycles. The molecule has 0 saturated carbocycles. The highest BCUT2D eigenvalue weighted by atomic mass is 16.5. The Kier molecular flexibility index (Phi) is 25.8. The number of aromatic nitrogens is 6. The molecule has 0 atom stereocenters. The number of methoxy groups -OCH3 is 1. The molecule has 29 nitrogen and oxygen atoms in total. The number of likely N-dealkylation sites (tertiary alicyclic amines) is 1. The quantitative estimate of drug-likeness (QED) is 0.0997. The summed E-state index contributed by atoms with van der Waals surface area (Å²) in [7, 11) is 7.49. The minimum absolute atomic E-state index is 0.0102. The summed E-state index contributed by atoms with van der Waals surface area (Å²) in [4.78, 5) is 129. The zero-order valence-electron chi connectivity index (χ0n) is 80.7. The Morgan fingerprint density at radius 1 is 0.381 bits per heavy atom. The van der Waals surface area contributed by atoms with Crippen molar-refractivity contribution in [3.8, 4) is 17.0 Å². The van der Waals surface area contributed by atoms with Crippen LogP contribution in [0.15, 0.2) is 274 Å². The van der Waals surface area contributed by atoms with E-state index in [1.165, 1.54) is 5.69 Å². The van der Waals surface area contributed by atoms with Crippen LogP contribution < -0.4 is 25.1 Å². The van der Waals surface area contributed by atoms with Crippen molar-refractivity contribution in [2.75, 3.05) is 116 Å². The average Bonchev–Trinajstić information content (AvgIpc) is 1.60. The molecule has 29 heteroatoms. The van der Waals surface area contributed by atoms with E-state index < -0.39 is 0 Å². The Bertz CT molecular complexity index is 7360. The second-order valence-corrected chi connectivity index (χ2v) is 35.2. The van der Waals surface area contributed by atoms with Crippen molar-refractivity contribution in [1.82, 2.24) is 54.0 Å². The topological polar surface area (TPSA) is 305 Å². The second-order valence-electron chi connectivity index (χ2n) is 35.2. The molecule has 7 aliphatic heterocycles. The van der Waals surface area contributed by atoms with E-state index in [-0.39, 0.29) is 28.9 Å². The molecule has 1 N–H and O–H groups in total. The van der Waals surface area contributed by atoms with Gasteiger partial charge in [0.15, 0.2) is 28.9 Å². The van der Waals surface area contributed by atoms with Gasteiger partial charge in [-0.25, -0.2) is 44.9 Å². The summed E-state index contributed by atoms with van der Waals surface area (Å²) in [5.74, 6) is 4.26. The molecule has 2 fully saturated rings. The van der Waals surface area contributed by atoms with Crippen LogP contribution in [0.4, 0.5) is 11.6 Å². The number of aryl methyl sites for hydroxylation is 4. The third kappa shape index (κ3) is 16.9. The first kappa shape index (κ1) is 92.0. The van der Waals surface area contributed by atoms with Crippen LogP contribution in [0.5, 0.6) is 5.75 Å². The molecule has 0 radical (unpaired) electrons. The van der Waals surface area contributed by atoms with Crippen molar-refractivity contribution in [1.29, 1.82) is 0 Å². The smallest absolute Gasteiger partial charge is 0.226 e. The van der Waals surface area contributed by atoms with Gasteiger partial charge in [-0.05, 0) is 136 Å². The largest absolute Gasteiger partial charge is 0.497 e. The Morgan fingerprint density at radius 2 is 0.784 bits per heavy atom. The fourth-order valence-electron chi connectivity index (χ4n) is 19.6. The van der Waals surface area contributed by atoms with Gasteiger partial charge in [-0.2, -0.15) is 15.3 Å². The number of aliphatic imine (C=N–C) groups is 8. The molecule has 5 aliphatic carbocycles. The summed E-state index contributed by atoms with van der Waals surface area (Å²) in [5, 5.41) is 18.3. The van der Waals surface area contributed by atoms with E-state index in [1.807, 2.05) is 191 Å². The van der Waals surface area contributed by atoms with Gasteiger partial charge in [0.2, 0.25) is 29.8 Å². The number of rotatable bonds is 15. The van der Waals surface area contributed by atoms with Crippen molar-refractivity contribution in [2.45, 2.75) is 82.1 Å². The zero-order valence-corrected chi connectivity index (χ0v) is 80.7. The molecule has 139 heavy (non-hydrogen) atoms. The van der Waals surface area contributed by atoms with E-state index in [0.717, 1.165) is 234 Å². The molecular weight excluding hydrogens is 1740 g/mol. The number of anilines is 2. The van der Waals surface area contributed by atoms with Gasteiger partial charge in [-0.3, -0.25) is 33.3 Å². The van der Waals surface area contributed by atoms with Crippen LogP contribution >= 0.6 is 0 Å². The van der Waals surface area contributed by atoms with Crippen molar-refractivity contribution >= 4 is 121 Å². The van der Waals surface area contributed by atoms with Crippen molar-refractivity contribution in [2.24, 2.45) is 64.2 Å². The van der Waals surface area contributed by atoms with Gasteiger partial charge in [0.05, 0.1) is 65.0 Å². The van der Waals surface area contributed by atoms with Crippen LogP contribution in [0.25, 0.3) is 39.1 Å². The van der Waals surface area contributed by atoms with Crippen LogP contribution in [0, 0.1) is 13.8 Å². The number of Topliss-reactive ketones (excluding diaryl/α,β-unsaturated/α-hetero) is 5. The second kappa shape index (κ2) is 39.0. The number of fused-ring (bicyclic) bond motifs is 16. The number of carbonyl (C=O) groups excluding carboxylic acids is 5. The van der Waals surface area contributed by atoms with E-state index in [1.54, 1.807) is 35.1 Å². The van der Waals surface area contributed by atoms with Crippen molar-refractivity contribution < 1.29 is 28.7 Å². The SMILES string of the molecule is CCN(CC)C1=NC2=C(c3ccc(N4CCN(C)CC4)cc3C)C(=O)c3ccccc3C2=N1.CCN(CC)C1=NC2=C(c3ccc(OC)cc3C)C(=O)c3ccccc3C2=N1.CCN(CC)C1=NC2=C(c3cnn(C)c3)C(=O)c3ccccc3C2=N1.CCN(CC)c1nc2c([nH]1)C(=c1cccc3c1=NN=C3)C(=O)c1ccccc1-2.Cn1cc(C2=C3N=C(N4CCCC4)N=C3c3ccccc3C2=O)cn1. The van der Waals surface area contributed by atoms with Crippen LogP contribution in [-0.4, -0.2) is 242 Å². The third-order valence-corrected chi connectivity index (χ3v) is 27.1. The molecule has 700 valence electrons. The Morgan fingerprint density at radius 3 is 1.22 bits per heavy atom. The molecular formula is C110H109N23O6. The summed E-state index contributed by atoms with van der Waals surface area (Å²) in [6, 6.07) is 56.3. The van der Waals surface area contributed by atoms with Crippen molar-refractivity contribution in [3.63, 3.8) is 0 Å². The number of H-pyrrole nitrogens is 1. The Labute approximate surface area is 807 Å². The highest BCUT2D eigenvalue weighted by molar-refractivity contribution is 6.47. The number of imidazole rings is 1. The number of hydrogen-bond acceptors (Lipinski definition) is 26. The molecule has 0 unspecified atom stereocenters. The lowest BCUT2D eigenvalue weighted by Gasteiger charge is -2.34. The monoisotopic (exact) mass is 1850 g/mol. The van der Waals surface area contributed by atoms with Gasteiger partial charge in [0.1, 0.15) is 56.7 Å². The van der Waals surface area contributed by atoms with Gasteiger partial charge >= 0.3 is 0 Å². The fourth-order valence-corrected chi connectivity index (χ4v) is 19.6. The van der Waals surface area contributed by atoms with Crippen LogP contribution in [0.1, 0.15) is 187 Å². The molecule has 23 rings (SSSR count). The number of nitrogens with zero attached hydrogens (tertiary/aromatic N) is 22. The standard InChI is InChI=1S/C27H31N5O.C23H23N3O2.C22H19N5O.C19H17N5O.C19H19N5O/c1-5-31(6-2)27-28-24-21-9-7-8-10-22(21)26(33)23(25(24)29-27)20-12-11-19(17-18(20)3)32-15-13-30(4)14-16-32;1-5-26(6-2)23-24-20-17-9-7-8-10-18(17)22(27)19(21(20)25-23)16-12-11-15(28-4)13-14(16)3;1-3-27(4-2)22-24-19-14-9-5-6-10-15(14)21(28)17(20(19)25-22)16-11-7-8-13-12-23-26-18(13)16;1-23-11-12(10-20-23)15-17-16(13-6-2-3-7-14(13)18(15)25)21-19(22-17)24-8-4-5-9-24;1-4-24(5-2)19-21-16-13-8-6-7-9-14(13)18(25)15(17(16)22-19)12-10-20-23(3)11-12/h7-12,17H,5-6,13-16H2,1-4H3;7-13H,5-6H2,1-4H3;5-12H,3-4H2,1-2H3,(H,24,25);2-3,6-7,10-11H,4-5,8-9H2,1H3;6-11H,4-5H2,1-3H3. The predicted octanol–water partition coefficient (Wildman–Crippen LogP) is 15.1. The number of nitrogens with one attached hydrogen (secondary N) is 1. The molecule has 0 bridgehead atoms. The number of ketones is 5. The lowest BCUT2D eigenvalue weighted by molar-refractivity contribution is 0.104. The highest BCUT2D eigenvalue weighted by Crippen LogP contribution is 2.45. The lowest BCUT2D eigenvalue weighted by atomic mass is 9.82. The summed E-state index contributed by atoms with van der Waals surface area (Å²) >= 11 is 0. The number of benzene rings is 8. The number of carbonyl (C=O) groups is 5. The number of aromatic amines is 1. The van der Waals surface area contributed by atoms with E-state index in [2.05, 4.69) is 147 Å². The maximum absolute atomic E-state index is 13.7. The first-order valence-corrected chi connectivity index (χ1v) is 47.8. The molecule has 0 amide bonds. The van der Waals surface area contributed by atoms with Crippen LogP contribution in [0.2, 0.25) is 0 Å². The van der Waals surface area contributed by atoms with E-state index in [4.69, 9.17) is 49.7 Å². The number of allylic oxidation sites excluding steroid dienone is 8. The molecule has 12 aliphatic rings. The molecule has 2 saturated heterocycles. The number of hydrogen-bond donors (Lipinski definition) is 1. The number of guanidine groups is 4. The maximum atomic E-state index is 13.7. The predicted molar refractivity (Wildman–Crippen MR) is 551 cm³/mol. The Hall–Kier alpha value is -16.0. The van der Waals surface area contributed by atoms with Gasteiger partial charge in [-0.15, -0.1) is 5.10 Å². The Balaban J connectivity index is 0.000000111. The van der Waals surface area contributed by atoms with Crippen LogP contribution in [-0.2, 0) is 14.1 Å². The minimum Gasteiger partial charge on any atom is -0.497 e. The molecule has 11 aromatic rings. The van der Waals surface area contributed by atoms with Gasteiger partial charge < -0.3 is 44.0 Å². The third-order valence-electron chi connectivity index (χ3n) is 27.1. The van der Waals surface area contributed by atoms with Gasteiger partial charge in [0.25, 0.3) is 0 Å². The van der Waals surface area contributed by atoms with Crippen molar-refractivity contribution in [3.05, 3.63) is 329 Å². The molecule has 3 aromatic heterocycles. The first-order chi connectivity index (χ1) is 67.7. The zero-order chi connectivity index (χ0) is 96.7. The minimum atomic E-state index is -0.0258. The summed E-state index contributed by atoms with van der Waals surface area (Å²) in [6.07, 6.45) is 11.2. The lowest BCUT2D eigenvalue weighted by Crippen LogP contribution is -2.44. The average molecular weight is 1850 g/mol. The first-order valence-electron chi connectivity index (χ1n) is 47.8. The van der Waals surface area contributed by atoms with Gasteiger partial charge in [-0.1, -0.05) is 152 Å². The normalized spacial score (nSPS) is 16.8. The number of ether oxygens (including phenoxy) is 1. The number of piperazine rings is 1. The highest BCUT2D eigenvalue weighted by Gasteiger charge is 2.43. The van der Waals surface area contributed by atoms with E-state index in [0.29, 0.717) is 96.3 Å². The van der Waals surface area contributed by atoms with Crippen LogP contribution in [0.3, 0.4) is 0 Å². The van der Waals surface area contributed by atoms with Gasteiger partial charge in [0, 0.05) is 201 Å². The summed E-state index contributed by atoms with van der Waals surface area (Å²) in [5.41, 5.74) is 25.7. The number of likely N-dealkylation sites (N-methyl/N-ethyl adjacent to an activating group) is 1. The van der Waals surface area contributed by atoms with E-state index >= 15 is 0 Å².